The summed E-state index contributed by atoms with van der Waals surface area (Å²) in [6.07, 6.45) is 1.93. The van der Waals surface area contributed by atoms with Crippen LogP contribution in [0.4, 0.5) is 0 Å². The van der Waals surface area contributed by atoms with Crippen LogP contribution in [0.15, 0.2) is 48.5 Å². The van der Waals surface area contributed by atoms with Crippen molar-refractivity contribution in [2.24, 2.45) is 0 Å². The summed E-state index contributed by atoms with van der Waals surface area (Å²) in [4.78, 5) is 2.29. The van der Waals surface area contributed by atoms with Crippen molar-refractivity contribution < 1.29 is 14.6 Å². The zero-order valence-electron chi connectivity index (χ0n) is 18.0. The van der Waals surface area contributed by atoms with E-state index in [2.05, 4.69) is 62.1 Å². The van der Waals surface area contributed by atoms with E-state index in [0.29, 0.717) is 12.5 Å². The number of hydrogen-bond acceptors (Lipinski definition) is 4. The molecule has 0 saturated carbocycles. The minimum atomic E-state index is -0.549. The van der Waals surface area contributed by atoms with Gasteiger partial charge >= 0.3 is 0 Å². The van der Waals surface area contributed by atoms with E-state index in [1.807, 2.05) is 12.1 Å². The normalized spacial score (nSPS) is 17.8. The molecule has 0 bridgehead atoms. The Morgan fingerprint density at radius 1 is 1.10 bits per heavy atom. The average molecular weight is 398 g/mol. The van der Waals surface area contributed by atoms with Crippen LogP contribution in [0.1, 0.15) is 49.3 Å². The molecule has 0 radical (unpaired) electrons. The van der Waals surface area contributed by atoms with Crippen molar-refractivity contribution in [3.63, 3.8) is 0 Å². The van der Waals surface area contributed by atoms with Crippen LogP contribution in [0.3, 0.4) is 0 Å². The van der Waals surface area contributed by atoms with Gasteiger partial charge in [0.25, 0.3) is 0 Å². The largest absolute Gasteiger partial charge is 0.491 e. The predicted octanol–water partition coefficient (Wildman–Crippen LogP) is 4.54. The van der Waals surface area contributed by atoms with Gasteiger partial charge < -0.3 is 14.6 Å². The summed E-state index contributed by atoms with van der Waals surface area (Å²) < 4.78 is 11.7. The first kappa shape index (κ1) is 21.8. The third kappa shape index (κ3) is 7.14. The van der Waals surface area contributed by atoms with Crippen molar-refractivity contribution in [1.29, 1.82) is 0 Å². The number of ether oxygens (including phenoxy) is 2. The standard InChI is InChI=1S/C25H35NO3/c1-19(2)22-10-12-24(13-11-22)29-18-23(27)16-26(17-25-5-4-14-28-25)15-21-8-6-20(3)7-9-21/h6-13,19,23,25,27H,4-5,14-18H2,1-3H3. The fraction of sp³-hybridized carbons (Fsp3) is 0.520. The van der Waals surface area contributed by atoms with Crippen molar-refractivity contribution in [2.45, 2.75) is 58.3 Å². The molecule has 2 aromatic rings. The minimum absolute atomic E-state index is 0.261. The summed E-state index contributed by atoms with van der Waals surface area (Å²) in [5.74, 6) is 1.31. The molecule has 158 valence electrons. The Morgan fingerprint density at radius 3 is 2.45 bits per heavy atom. The molecular formula is C25H35NO3. The van der Waals surface area contributed by atoms with Crippen LogP contribution in [-0.4, -0.2) is 48.5 Å². The molecule has 1 N–H and O–H groups in total. The van der Waals surface area contributed by atoms with Crippen molar-refractivity contribution in [3.8, 4) is 5.75 Å². The quantitative estimate of drug-likeness (QED) is 0.639. The number of nitrogens with zero attached hydrogens (tertiary/aromatic N) is 1. The van der Waals surface area contributed by atoms with Gasteiger partial charge in [-0.05, 0) is 48.9 Å². The molecule has 0 aliphatic carbocycles. The van der Waals surface area contributed by atoms with Crippen LogP contribution >= 0.6 is 0 Å². The summed E-state index contributed by atoms with van der Waals surface area (Å²) in [5, 5.41) is 10.6. The number of hydrogen-bond donors (Lipinski definition) is 1. The van der Waals surface area contributed by atoms with E-state index in [-0.39, 0.29) is 12.7 Å². The number of aliphatic hydroxyl groups is 1. The monoisotopic (exact) mass is 397 g/mol. The molecule has 0 spiro atoms. The highest BCUT2D eigenvalue weighted by Gasteiger charge is 2.21. The van der Waals surface area contributed by atoms with Crippen molar-refractivity contribution in [3.05, 3.63) is 65.2 Å². The highest BCUT2D eigenvalue weighted by Crippen LogP contribution is 2.19. The van der Waals surface area contributed by atoms with Crippen LogP contribution in [0.2, 0.25) is 0 Å². The molecule has 3 rings (SSSR count). The lowest BCUT2D eigenvalue weighted by atomic mass is 10.0. The molecule has 4 nitrogen and oxygen atoms in total. The van der Waals surface area contributed by atoms with E-state index in [0.717, 1.165) is 38.3 Å². The Bertz CT molecular complexity index is 721. The Hall–Kier alpha value is -1.88. The zero-order chi connectivity index (χ0) is 20.6. The average Bonchev–Trinajstić information content (AvgIpc) is 3.21. The van der Waals surface area contributed by atoms with Gasteiger partial charge in [-0.15, -0.1) is 0 Å². The molecule has 1 heterocycles. The Kier molecular flexibility index (Phi) is 8.10. The van der Waals surface area contributed by atoms with Gasteiger partial charge in [0.15, 0.2) is 0 Å². The number of aliphatic hydroxyl groups excluding tert-OH is 1. The summed E-state index contributed by atoms with van der Waals surface area (Å²) in [6, 6.07) is 16.8. The molecule has 1 aliphatic heterocycles. The van der Waals surface area contributed by atoms with Crippen LogP contribution in [0, 0.1) is 6.92 Å². The molecule has 1 fully saturated rings. The van der Waals surface area contributed by atoms with Crippen molar-refractivity contribution >= 4 is 0 Å². The van der Waals surface area contributed by atoms with E-state index in [1.165, 1.54) is 16.7 Å². The van der Waals surface area contributed by atoms with Gasteiger partial charge in [-0.1, -0.05) is 55.8 Å². The van der Waals surface area contributed by atoms with E-state index in [9.17, 15) is 5.11 Å². The molecule has 2 atom stereocenters. The zero-order valence-corrected chi connectivity index (χ0v) is 18.0. The second kappa shape index (κ2) is 10.8. The maximum atomic E-state index is 10.6. The van der Waals surface area contributed by atoms with E-state index in [4.69, 9.17) is 9.47 Å². The highest BCUT2D eigenvalue weighted by atomic mass is 16.5. The summed E-state index contributed by atoms with van der Waals surface area (Å²) in [6.45, 7) is 9.81. The second-order valence-corrected chi connectivity index (χ2v) is 8.50. The van der Waals surface area contributed by atoms with Gasteiger partial charge in [0.05, 0.1) is 6.10 Å². The molecule has 1 aliphatic rings. The third-order valence-corrected chi connectivity index (χ3v) is 5.47. The lowest BCUT2D eigenvalue weighted by molar-refractivity contribution is 0.0313. The van der Waals surface area contributed by atoms with Gasteiger partial charge in [0, 0.05) is 26.2 Å². The summed E-state index contributed by atoms with van der Waals surface area (Å²) in [7, 11) is 0. The van der Waals surface area contributed by atoms with Crippen molar-refractivity contribution in [1.82, 2.24) is 4.90 Å². The van der Waals surface area contributed by atoms with E-state index in [1.54, 1.807) is 0 Å². The lowest BCUT2D eigenvalue weighted by Gasteiger charge is -2.27. The van der Waals surface area contributed by atoms with Gasteiger partial charge in [0.1, 0.15) is 18.5 Å². The topological polar surface area (TPSA) is 41.9 Å². The molecule has 2 unspecified atom stereocenters. The van der Waals surface area contributed by atoms with Gasteiger partial charge in [-0.3, -0.25) is 4.90 Å². The fourth-order valence-electron chi connectivity index (χ4n) is 3.72. The van der Waals surface area contributed by atoms with Crippen LogP contribution in [0.25, 0.3) is 0 Å². The first-order valence-corrected chi connectivity index (χ1v) is 10.8. The molecule has 2 aromatic carbocycles. The first-order chi connectivity index (χ1) is 14.0. The predicted molar refractivity (Wildman–Crippen MR) is 117 cm³/mol. The summed E-state index contributed by atoms with van der Waals surface area (Å²) >= 11 is 0. The summed E-state index contributed by atoms with van der Waals surface area (Å²) in [5.41, 5.74) is 3.81. The van der Waals surface area contributed by atoms with E-state index < -0.39 is 6.10 Å². The van der Waals surface area contributed by atoms with Crippen molar-refractivity contribution in [2.75, 3.05) is 26.3 Å². The fourth-order valence-corrected chi connectivity index (χ4v) is 3.72. The smallest absolute Gasteiger partial charge is 0.119 e. The third-order valence-electron chi connectivity index (χ3n) is 5.47. The lowest BCUT2D eigenvalue weighted by Crippen LogP contribution is -2.39. The maximum absolute atomic E-state index is 10.6. The van der Waals surface area contributed by atoms with Gasteiger partial charge in [0.2, 0.25) is 0 Å². The first-order valence-electron chi connectivity index (χ1n) is 10.8. The molecule has 29 heavy (non-hydrogen) atoms. The Balaban J connectivity index is 1.54. The maximum Gasteiger partial charge on any atom is 0.119 e. The molecule has 1 saturated heterocycles. The van der Waals surface area contributed by atoms with Gasteiger partial charge in [-0.25, -0.2) is 0 Å². The van der Waals surface area contributed by atoms with Gasteiger partial charge in [-0.2, -0.15) is 0 Å². The number of benzene rings is 2. The molecule has 4 heteroatoms. The Labute approximate surface area is 175 Å². The second-order valence-electron chi connectivity index (χ2n) is 8.50. The molecular weight excluding hydrogens is 362 g/mol. The Morgan fingerprint density at radius 2 is 1.83 bits per heavy atom. The van der Waals surface area contributed by atoms with Crippen LogP contribution in [-0.2, 0) is 11.3 Å². The number of aryl methyl sites for hydroxylation is 1. The molecule has 0 aromatic heterocycles. The minimum Gasteiger partial charge on any atom is -0.491 e. The highest BCUT2D eigenvalue weighted by molar-refractivity contribution is 5.28. The molecule has 0 amide bonds. The van der Waals surface area contributed by atoms with E-state index >= 15 is 0 Å². The number of rotatable bonds is 10. The SMILES string of the molecule is Cc1ccc(CN(CC(O)COc2ccc(C(C)C)cc2)CC2CCCO2)cc1. The van der Waals surface area contributed by atoms with Crippen LogP contribution < -0.4 is 4.74 Å². The van der Waals surface area contributed by atoms with Crippen LogP contribution in [0.5, 0.6) is 5.75 Å².